The number of alkyl halides is 7. The van der Waals surface area contributed by atoms with Crippen molar-refractivity contribution < 1.29 is 49.5 Å². The number of amides is 2. The molecule has 0 unspecified atom stereocenters. The zero-order chi connectivity index (χ0) is 31.7. The van der Waals surface area contributed by atoms with Crippen LogP contribution in [-0.2, 0) is 5.67 Å². The number of hydrogen-bond acceptors (Lipinski definition) is 4. The summed E-state index contributed by atoms with van der Waals surface area (Å²) in [6.07, 6.45) is -12.6. The number of carbonyl (C=O) groups is 2. The summed E-state index contributed by atoms with van der Waals surface area (Å²) in [5, 5.41) is 5.01. The molecular weight excluding hydrogens is 653 g/mol. The van der Waals surface area contributed by atoms with Crippen LogP contribution in [0, 0.1) is 13.8 Å². The fraction of sp³-hybridized carbons (Fsp3) is 0.172. The van der Waals surface area contributed by atoms with Crippen LogP contribution < -0.4 is 15.4 Å². The van der Waals surface area contributed by atoms with E-state index in [-0.39, 0.29) is 39.6 Å². The number of hydrogen-bond donors (Lipinski definition) is 2. The standard InChI is InChI=1S/C29H20BrF7N2O4/c1-15-12-18(27(31,28(32,33)34)29(35,36)37)13-16(2)24(15)39-25(40)17-8-9-21(42-19-6-4-3-5-7-19)20(14-17)38-26(41)22-10-11-23(30)43-22/h3-14H,1-2H3,(H,38,41)(H,39,40). The predicted molar refractivity (Wildman–Crippen MR) is 146 cm³/mol. The summed E-state index contributed by atoms with van der Waals surface area (Å²) in [5.74, 6) is -1.05. The maximum absolute atomic E-state index is 14.6. The Balaban J connectivity index is 1.67. The minimum Gasteiger partial charge on any atom is -0.455 e. The van der Waals surface area contributed by atoms with Crippen LogP contribution in [0.15, 0.2) is 81.9 Å². The highest BCUT2D eigenvalue weighted by molar-refractivity contribution is 9.10. The SMILES string of the molecule is Cc1cc(C(F)(C(F)(F)F)C(F)(F)F)cc(C)c1NC(=O)c1ccc(Oc2ccccc2)c(NC(=O)c2ccc(Br)o2)c1. The van der Waals surface area contributed by atoms with Crippen molar-refractivity contribution in [3.8, 4) is 11.5 Å². The fourth-order valence-corrected chi connectivity index (χ4v) is 4.43. The molecule has 0 aliphatic heterocycles. The Morgan fingerprint density at radius 3 is 1.91 bits per heavy atom. The Kier molecular flexibility index (Phi) is 8.63. The molecule has 0 fully saturated rings. The molecule has 0 spiro atoms. The van der Waals surface area contributed by atoms with Gasteiger partial charge in [-0.05, 0) is 83.4 Å². The van der Waals surface area contributed by atoms with E-state index in [1.807, 2.05) is 0 Å². The lowest BCUT2D eigenvalue weighted by Gasteiger charge is -2.31. The molecule has 0 atom stereocenters. The maximum atomic E-state index is 14.6. The van der Waals surface area contributed by atoms with Crippen LogP contribution in [0.3, 0.4) is 0 Å². The largest absolute Gasteiger partial charge is 0.455 e. The van der Waals surface area contributed by atoms with Gasteiger partial charge in [0.25, 0.3) is 11.8 Å². The van der Waals surface area contributed by atoms with Gasteiger partial charge >= 0.3 is 18.0 Å². The van der Waals surface area contributed by atoms with Gasteiger partial charge in [-0.15, -0.1) is 0 Å². The molecule has 0 radical (unpaired) electrons. The first-order valence-electron chi connectivity index (χ1n) is 12.2. The van der Waals surface area contributed by atoms with Crippen LogP contribution >= 0.6 is 15.9 Å². The number of para-hydroxylation sites is 1. The first-order chi connectivity index (χ1) is 20.0. The van der Waals surface area contributed by atoms with Gasteiger partial charge in [0.1, 0.15) is 5.75 Å². The molecule has 0 aliphatic carbocycles. The van der Waals surface area contributed by atoms with Gasteiger partial charge in [0.15, 0.2) is 16.2 Å². The lowest BCUT2D eigenvalue weighted by Crippen LogP contribution is -2.50. The molecule has 43 heavy (non-hydrogen) atoms. The van der Waals surface area contributed by atoms with Crippen molar-refractivity contribution in [2.24, 2.45) is 0 Å². The second-order valence-corrected chi connectivity index (χ2v) is 10.1. The van der Waals surface area contributed by atoms with E-state index < -0.39 is 35.4 Å². The summed E-state index contributed by atoms with van der Waals surface area (Å²) in [6.45, 7) is 2.26. The van der Waals surface area contributed by atoms with Crippen molar-refractivity contribution in [2.45, 2.75) is 31.9 Å². The Morgan fingerprint density at radius 2 is 1.37 bits per heavy atom. The molecule has 0 bridgehead atoms. The third-order valence-corrected chi connectivity index (χ3v) is 6.63. The first kappa shape index (κ1) is 31.6. The van der Waals surface area contributed by atoms with Crippen molar-refractivity contribution >= 4 is 39.1 Å². The third kappa shape index (κ3) is 6.53. The van der Waals surface area contributed by atoms with Crippen LogP contribution in [0.25, 0.3) is 0 Å². The quantitative estimate of drug-likeness (QED) is 0.192. The topological polar surface area (TPSA) is 80.6 Å². The van der Waals surface area contributed by atoms with Crippen molar-refractivity contribution in [2.75, 3.05) is 10.6 Å². The summed E-state index contributed by atoms with van der Waals surface area (Å²) in [5.41, 5.74) is -7.95. The highest BCUT2D eigenvalue weighted by Crippen LogP contribution is 2.53. The molecule has 1 aromatic heterocycles. The second kappa shape index (κ2) is 11.7. The minimum atomic E-state index is -6.29. The second-order valence-electron chi connectivity index (χ2n) is 9.28. The van der Waals surface area contributed by atoms with Gasteiger partial charge in [-0.3, -0.25) is 9.59 Å². The van der Waals surface area contributed by atoms with Crippen LogP contribution in [0.5, 0.6) is 11.5 Å². The summed E-state index contributed by atoms with van der Waals surface area (Å²) < 4.78 is 106. The van der Waals surface area contributed by atoms with E-state index in [0.717, 1.165) is 13.8 Å². The molecule has 2 amide bonds. The lowest BCUT2D eigenvalue weighted by atomic mass is 9.90. The number of ether oxygens (including phenoxy) is 1. The van der Waals surface area contributed by atoms with E-state index in [1.54, 1.807) is 30.3 Å². The summed E-state index contributed by atoms with van der Waals surface area (Å²) in [4.78, 5) is 26.0. The molecular formula is C29H20BrF7N2O4. The van der Waals surface area contributed by atoms with Gasteiger partial charge in [-0.1, -0.05) is 30.3 Å². The predicted octanol–water partition coefficient (Wildman–Crippen LogP) is 9.25. The van der Waals surface area contributed by atoms with Gasteiger partial charge in [-0.25, -0.2) is 4.39 Å². The number of rotatable bonds is 7. The summed E-state index contributed by atoms with van der Waals surface area (Å²) >= 11 is 3.10. The molecule has 6 nitrogen and oxygen atoms in total. The Morgan fingerprint density at radius 1 is 0.767 bits per heavy atom. The molecule has 4 rings (SSSR count). The molecule has 226 valence electrons. The molecule has 2 N–H and O–H groups in total. The van der Waals surface area contributed by atoms with Crippen LogP contribution in [0.2, 0.25) is 0 Å². The zero-order valence-electron chi connectivity index (χ0n) is 22.1. The molecule has 0 aliphatic rings. The van der Waals surface area contributed by atoms with Crippen molar-refractivity contribution in [1.29, 1.82) is 0 Å². The lowest BCUT2D eigenvalue weighted by molar-refractivity contribution is -0.348. The number of carbonyl (C=O) groups excluding carboxylic acids is 2. The Hall–Kier alpha value is -4.33. The molecule has 0 saturated carbocycles. The van der Waals surface area contributed by atoms with E-state index in [2.05, 4.69) is 26.6 Å². The van der Waals surface area contributed by atoms with Crippen molar-refractivity contribution in [1.82, 2.24) is 0 Å². The van der Waals surface area contributed by atoms with Gasteiger partial charge in [0.2, 0.25) is 0 Å². The Labute approximate surface area is 248 Å². The van der Waals surface area contributed by atoms with Crippen LogP contribution in [-0.4, -0.2) is 24.2 Å². The highest BCUT2D eigenvalue weighted by Gasteiger charge is 2.73. The van der Waals surface area contributed by atoms with Gasteiger partial charge < -0.3 is 19.8 Å². The Bertz CT molecular complexity index is 1630. The van der Waals surface area contributed by atoms with E-state index in [9.17, 15) is 40.3 Å². The number of anilines is 2. The van der Waals surface area contributed by atoms with E-state index >= 15 is 0 Å². The molecule has 0 saturated heterocycles. The molecule has 14 heteroatoms. The van der Waals surface area contributed by atoms with Crippen molar-refractivity contribution in [3.63, 3.8) is 0 Å². The average molecular weight is 673 g/mol. The van der Waals surface area contributed by atoms with Gasteiger partial charge in [-0.2, -0.15) is 26.3 Å². The van der Waals surface area contributed by atoms with Gasteiger partial charge in [0, 0.05) is 16.8 Å². The molecule has 4 aromatic rings. The molecule has 1 heterocycles. The third-order valence-electron chi connectivity index (χ3n) is 6.21. The van der Waals surface area contributed by atoms with E-state index in [4.69, 9.17) is 9.15 Å². The monoisotopic (exact) mass is 672 g/mol. The van der Waals surface area contributed by atoms with Crippen molar-refractivity contribution in [3.05, 3.63) is 105 Å². The van der Waals surface area contributed by atoms with Crippen LogP contribution in [0.1, 0.15) is 37.6 Å². The minimum absolute atomic E-state index is 0.0374. The van der Waals surface area contributed by atoms with Crippen LogP contribution in [0.4, 0.5) is 42.1 Å². The maximum Gasteiger partial charge on any atom is 0.435 e. The average Bonchev–Trinajstić information content (AvgIpc) is 3.36. The van der Waals surface area contributed by atoms with E-state index in [0.29, 0.717) is 22.6 Å². The fourth-order valence-electron chi connectivity index (χ4n) is 4.13. The van der Waals surface area contributed by atoms with E-state index in [1.165, 1.54) is 30.3 Å². The summed E-state index contributed by atoms with van der Waals surface area (Å²) in [7, 11) is 0. The zero-order valence-corrected chi connectivity index (χ0v) is 23.7. The van der Waals surface area contributed by atoms with Gasteiger partial charge in [0.05, 0.1) is 5.69 Å². The number of halogens is 8. The smallest absolute Gasteiger partial charge is 0.435 e. The first-order valence-corrected chi connectivity index (χ1v) is 13.0. The number of benzene rings is 3. The molecule has 3 aromatic carbocycles. The highest BCUT2D eigenvalue weighted by atomic mass is 79.9. The summed E-state index contributed by atoms with van der Waals surface area (Å²) in [6, 6.07) is 16.1. The normalized spacial score (nSPS) is 12.1. The number of furan rings is 1. The number of nitrogens with one attached hydrogen (secondary N) is 2. The number of aryl methyl sites for hydroxylation is 2.